The Morgan fingerprint density at radius 2 is 2.14 bits per heavy atom. The van der Waals surface area contributed by atoms with Crippen molar-refractivity contribution in [3.8, 4) is 5.75 Å². The van der Waals surface area contributed by atoms with Gasteiger partial charge < -0.3 is 10.4 Å². The SMILES string of the molecule is Cc1cc(NC(=O)c2cc(O)ccc2[N+](=O)[O-])ncc1Br. The number of benzene rings is 1. The predicted octanol–water partition coefficient (Wildman–Crippen LogP) is 3.02. The Hall–Kier alpha value is -2.48. The zero-order valence-corrected chi connectivity index (χ0v) is 12.4. The molecular formula is C13H10BrN3O4. The van der Waals surface area contributed by atoms with Gasteiger partial charge in [0.2, 0.25) is 0 Å². The van der Waals surface area contributed by atoms with Crippen LogP contribution in [0, 0.1) is 17.0 Å². The van der Waals surface area contributed by atoms with E-state index in [-0.39, 0.29) is 22.8 Å². The lowest BCUT2D eigenvalue weighted by Gasteiger charge is -2.07. The average Bonchev–Trinajstić information content (AvgIpc) is 2.42. The molecule has 108 valence electrons. The van der Waals surface area contributed by atoms with E-state index in [1.807, 2.05) is 6.92 Å². The predicted molar refractivity (Wildman–Crippen MR) is 79.4 cm³/mol. The van der Waals surface area contributed by atoms with Crippen LogP contribution in [0.1, 0.15) is 15.9 Å². The number of phenolic OH excluding ortho intramolecular Hbond substituents is 1. The first-order valence-electron chi connectivity index (χ1n) is 5.79. The minimum atomic E-state index is -0.716. The molecule has 1 aromatic heterocycles. The van der Waals surface area contributed by atoms with Crippen molar-refractivity contribution < 1.29 is 14.8 Å². The minimum Gasteiger partial charge on any atom is -0.508 e. The smallest absolute Gasteiger partial charge is 0.282 e. The number of carbonyl (C=O) groups excluding carboxylic acids is 1. The zero-order chi connectivity index (χ0) is 15.6. The minimum absolute atomic E-state index is 0.231. The van der Waals surface area contributed by atoms with Gasteiger partial charge in [0.25, 0.3) is 11.6 Å². The molecule has 0 radical (unpaired) electrons. The topological polar surface area (TPSA) is 105 Å². The summed E-state index contributed by atoms with van der Waals surface area (Å²) < 4.78 is 0.781. The van der Waals surface area contributed by atoms with Crippen molar-refractivity contribution in [2.24, 2.45) is 0 Å². The van der Waals surface area contributed by atoms with E-state index in [1.54, 1.807) is 6.07 Å². The van der Waals surface area contributed by atoms with Crippen LogP contribution in [-0.4, -0.2) is 20.9 Å². The highest BCUT2D eigenvalue weighted by molar-refractivity contribution is 9.10. The van der Waals surface area contributed by atoms with Gasteiger partial charge in [0.1, 0.15) is 17.1 Å². The first-order chi connectivity index (χ1) is 9.88. The lowest BCUT2D eigenvalue weighted by Crippen LogP contribution is -2.15. The van der Waals surface area contributed by atoms with Gasteiger partial charge in [0, 0.05) is 16.7 Å². The Balaban J connectivity index is 2.34. The number of aromatic nitrogens is 1. The summed E-state index contributed by atoms with van der Waals surface area (Å²) in [5.74, 6) is -0.684. The highest BCUT2D eigenvalue weighted by Gasteiger charge is 2.21. The van der Waals surface area contributed by atoms with Crippen molar-refractivity contribution in [2.45, 2.75) is 6.92 Å². The Morgan fingerprint density at radius 1 is 1.43 bits per heavy atom. The molecule has 0 aliphatic heterocycles. The van der Waals surface area contributed by atoms with Crippen LogP contribution in [0.2, 0.25) is 0 Å². The summed E-state index contributed by atoms with van der Waals surface area (Å²) in [7, 11) is 0. The van der Waals surface area contributed by atoms with E-state index in [9.17, 15) is 20.0 Å². The van der Waals surface area contributed by atoms with E-state index in [0.717, 1.165) is 28.2 Å². The fourth-order valence-corrected chi connectivity index (χ4v) is 1.87. The van der Waals surface area contributed by atoms with Crippen LogP contribution >= 0.6 is 15.9 Å². The van der Waals surface area contributed by atoms with Gasteiger partial charge in [0.15, 0.2) is 0 Å². The molecule has 0 unspecified atom stereocenters. The molecule has 21 heavy (non-hydrogen) atoms. The molecular weight excluding hydrogens is 342 g/mol. The number of aromatic hydroxyl groups is 1. The van der Waals surface area contributed by atoms with Crippen molar-refractivity contribution in [1.82, 2.24) is 4.98 Å². The number of aryl methyl sites for hydroxylation is 1. The van der Waals surface area contributed by atoms with Gasteiger partial charge in [-0.15, -0.1) is 0 Å². The second-order valence-electron chi connectivity index (χ2n) is 4.23. The van der Waals surface area contributed by atoms with Crippen molar-refractivity contribution in [3.63, 3.8) is 0 Å². The summed E-state index contributed by atoms with van der Waals surface area (Å²) in [5, 5.41) is 22.8. The molecule has 0 saturated carbocycles. The molecule has 7 nitrogen and oxygen atoms in total. The van der Waals surface area contributed by atoms with Crippen LogP contribution in [0.25, 0.3) is 0 Å². The number of phenols is 1. The van der Waals surface area contributed by atoms with E-state index < -0.39 is 10.8 Å². The molecule has 1 heterocycles. The van der Waals surface area contributed by atoms with Crippen LogP contribution in [0.15, 0.2) is 34.9 Å². The average molecular weight is 352 g/mol. The Morgan fingerprint density at radius 3 is 2.76 bits per heavy atom. The molecule has 2 N–H and O–H groups in total. The second kappa shape index (κ2) is 5.88. The molecule has 8 heteroatoms. The molecule has 0 spiro atoms. The number of rotatable bonds is 3. The normalized spacial score (nSPS) is 10.2. The van der Waals surface area contributed by atoms with Gasteiger partial charge in [0.05, 0.1) is 4.92 Å². The summed E-state index contributed by atoms with van der Waals surface area (Å²) in [5.41, 5.74) is 0.229. The fourth-order valence-electron chi connectivity index (χ4n) is 1.66. The third kappa shape index (κ3) is 3.34. The number of nitrogens with one attached hydrogen (secondary N) is 1. The quantitative estimate of drug-likeness (QED) is 0.653. The first-order valence-corrected chi connectivity index (χ1v) is 6.58. The number of amides is 1. The summed E-state index contributed by atoms with van der Waals surface area (Å²) >= 11 is 3.28. The van der Waals surface area contributed by atoms with E-state index in [1.165, 1.54) is 6.20 Å². The van der Waals surface area contributed by atoms with Crippen LogP contribution in [0.4, 0.5) is 11.5 Å². The number of nitro benzene ring substituents is 1. The molecule has 1 amide bonds. The Labute approximate surface area is 127 Å². The largest absolute Gasteiger partial charge is 0.508 e. The van der Waals surface area contributed by atoms with Gasteiger partial charge in [-0.25, -0.2) is 4.98 Å². The number of halogens is 1. The van der Waals surface area contributed by atoms with Gasteiger partial charge in [-0.05, 0) is 46.6 Å². The number of hydrogen-bond donors (Lipinski definition) is 2. The first kappa shape index (κ1) is 14.9. The van der Waals surface area contributed by atoms with Crippen molar-refractivity contribution in [3.05, 3.63) is 56.2 Å². The van der Waals surface area contributed by atoms with Crippen LogP contribution in [0.5, 0.6) is 5.75 Å². The summed E-state index contributed by atoms with van der Waals surface area (Å²) in [6.45, 7) is 1.82. The molecule has 2 rings (SSSR count). The number of pyridine rings is 1. The molecule has 1 aromatic carbocycles. The fraction of sp³-hybridized carbons (Fsp3) is 0.0769. The summed E-state index contributed by atoms with van der Waals surface area (Å²) in [4.78, 5) is 26.3. The van der Waals surface area contributed by atoms with Crippen LogP contribution < -0.4 is 5.32 Å². The Kier molecular flexibility index (Phi) is 4.18. The Bertz CT molecular complexity index is 733. The van der Waals surface area contributed by atoms with Crippen molar-refractivity contribution >= 4 is 33.3 Å². The van der Waals surface area contributed by atoms with Gasteiger partial charge >= 0.3 is 0 Å². The maximum Gasteiger partial charge on any atom is 0.282 e. The maximum atomic E-state index is 12.1. The number of nitro groups is 1. The standard InChI is InChI=1S/C13H10BrN3O4/c1-7-4-12(15-6-10(7)14)16-13(19)9-5-8(18)2-3-11(9)17(20)21/h2-6,18H,1H3,(H,15,16,19). The maximum absolute atomic E-state index is 12.1. The monoisotopic (exact) mass is 351 g/mol. The molecule has 0 aliphatic rings. The number of nitrogens with zero attached hydrogens (tertiary/aromatic N) is 2. The molecule has 2 aromatic rings. The molecule has 0 aliphatic carbocycles. The van der Waals surface area contributed by atoms with E-state index >= 15 is 0 Å². The summed E-state index contributed by atoms with van der Waals surface area (Å²) in [6, 6.07) is 4.89. The third-order valence-electron chi connectivity index (χ3n) is 2.71. The van der Waals surface area contributed by atoms with E-state index in [0.29, 0.717) is 0 Å². The highest BCUT2D eigenvalue weighted by Crippen LogP contribution is 2.24. The molecule has 0 atom stereocenters. The van der Waals surface area contributed by atoms with Crippen molar-refractivity contribution in [1.29, 1.82) is 0 Å². The van der Waals surface area contributed by atoms with E-state index in [4.69, 9.17) is 0 Å². The van der Waals surface area contributed by atoms with Crippen molar-refractivity contribution in [2.75, 3.05) is 5.32 Å². The molecule has 0 fully saturated rings. The third-order valence-corrected chi connectivity index (χ3v) is 3.54. The van der Waals surface area contributed by atoms with E-state index in [2.05, 4.69) is 26.2 Å². The lowest BCUT2D eigenvalue weighted by atomic mass is 10.1. The molecule has 0 saturated heterocycles. The lowest BCUT2D eigenvalue weighted by molar-refractivity contribution is -0.385. The zero-order valence-electron chi connectivity index (χ0n) is 10.8. The van der Waals surface area contributed by atoms with Crippen LogP contribution in [0.3, 0.4) is 0 Å². The number of carbonyl (C=O) groups is 1. The number of hydrogen-bond acceptors (Lipinski definition) is 5. The molecule has 0 bridgehead atoms. The number of anilines is 1. The second-order valence-corrected chi connectivity index (χ2v) is 5.09. The van der Waals surface area contributed by atoms with Gasteiger partial charge in [-0.3, -0.25) is 14.9 Å². The van der Waals surface area contributed by atoms with Crippen LogP contribution in [-0.2, 0) is 0 Å². The highest BCUT2D eigenvalue weighted by atomic mass is 79.9. The van der Waals surface area contributed by atoms with Gasteiger partial charge in [-0.2, -0.15) is 0 Å². The van der Waals surface area contributed by atoms with Gasteiger partial charge in [-0.1, -0.05) is 0 Å². The summed E-state index contributed by atoms with van der Waals surface area (Å²) in [6.07, 6.45) is 1.52.